The van der Waals surface area contributed by atoms with Crippen molar-refractivity contribution >= 4 is 5.91 Å². The molecule has 1 aromatic carbocycles. The van der Waals surface area contributed by atoms with E-state index in [1.807, 2.05) is 12.1 Å². The number of amides is 1. The highest BCUT2D eigenvalue weighted by molar-refractivity contribution is 5.92. The molecule has 0 bridgehead atoms. The van der Waals surface area contributed by atoms with E-state index in [1.165, 1.54) is 5.56 Å². The molecule has 0 unspecified atom stereocenters. The topological polar surface area (TPSA) is 84.1 Å². The fourth-order valence-corrected chi connectivity index (χ4v) is 2.97. The molecule has 6 nitrogen and oxygen atoms in total. The fraction of sp³-hybridized carbons (Fsp3) is 0.421. The van der Waals surface area contributed by atoms with E-state index in [-0.39, 0.29) is 11.6 Å². The average Bonchev–Trinajstić information content (AvgIpc) is 2.58. The number of aryl methyl sites for hydroxylation is 1. The first-order chi connectivity index (χ1) is 12.0. The fourth-order valence-electron chi connectivity index (χ4n) is 2.97. The summed E-state index contributed by atoms with van der Waals surface area (Å²) in [6.45, 7) is 5.26. The molecule has 0 spiro atoms. The first-order valence-corrected chi connectivity index (χ1v) is 8.64. The number of fused-ring (bicyclic) bond motifs is 1. The van der Waals surface area contributed by atoms with Gasteiger partial charge in [-0.2, -0.15) is 4.98 Å². The average molecular weight is 341 g/mol. The molecule has 2 aromatic rings. The number of rotatable bonds is 5. The highest BCUT2D eigenvalue weighted by atomic mass is 16.5. The zero-order valence-electron chi connectivity index (χ0n) is 14.6. The SMILES string of the molecule is CC(C)Cc1cc(C(=O)NCc2ccc3c(c2)CCCO3)nc(=O)[nH]1. The van der Waals surface area contributed by atoms with E-state index in [0.717, 1.165) is 36.5 Å². The van der Waals surface area contributed by atoms with Gasteiger partial charge in [0.15, 0.2) is 0 Å². The Morgan fingerprint density at radius 2 is 2.20 bits per heavy atom. The zero-order valence-corrected chi connectivity index (χ0v) is 14.6. The van der Waals surface area contributed by atoms with Gasteiger partial charge in [0.1, 0.15) is 11.4 Å². The maximum absolute atomic E-state index is 12.3. The van der Waals surface area contributed by atoms with Gasteiger partial charge >= 0.3 is 5.69 Å². The van der Waals surface area contributed by atoms with Crippen molar-refractivity contribution < 1.29 is 9.53 Å². The molecule has 1 aromatic heterocycles. The van der Waals surface area contributed by atoms with Crippen molar-refractivity contribution in [3.8, 4) is 5.75 Å². The lowest BCUT2D eigenvalue weighted by Gasteiger charge is -2.18. The van der Waals surface area contributed by atoms with Crippen LogP contribution in [0.2, 0.25) is 0 Å². The van der Waals surface area contributed by atoms with Gasteiger partial charge in [0.25, 0.3) is 5.91 Å². The third-order valence-electron chi connectivity index (χ3n) is 4.09. The number of benzene rings is 1. The van der Waals surface area contributed by atoms with E-state index in [2.05, 4.69) is 35.2 Å². The van der Waals surface area contributed by atoms with Crippen LogP contribution < -0.4 is 15.7 Å². The second-order valence-electron chi connectivity index (χ2n) is 6.77. The van der Waals surface area contributed by atoms with Crippen molar-refractivity contribution in [3.63, 3.8) is 0 Å². The smallest absolute Gasteiger partial charge is 0.345 e. The van der Waals surface area contributed by atoms with Crippen LogP contribution in [0.5, 0.6) is 5.75 Å². The molecule has 25 heavy (non-hydrogen) atoms. The van der Waals surface area contributed by atoms with Gasteiger partial charge in [0.2, 0.25) is 0 Å². The molecule has 3 rings (SSSR count). The van der Waals surface area contributed by atoms with E-state index in [9.17, 15) is 9.59 Å². The Morgan fingerprint density at radius 3 is 3.00 bits per heavy atom. The van der Waals surface area contributed by atoms with Crippen LogP contribution in [0.1, 0.15) is 47.6 Å². The number of H-pyrrole nitrogens is 1. The van der Waals surface area contributed by atoms with Crippen LogP contribution >= 0.6 is 0 Å². The Balaban J connectivity index is 1.68. The largest absolute Gasteiger partial charge is 0.493 e. The van der Waals surface area contributed by atoms with Crippen LogP contribution in [0.25, 0.3) is 0 Å². The minimum Gasteiger partial charge on any atom is -0.493 e. The monoisotopic (exact) mass is 341 g/mol. The number of carbonyl (C=O) groups is 1. The van der Waals surface area contributed by atoms with E-state index in [1.54, 1.807) is 6.07 Å². The third-order valence-corrected chi connectivity index (χ3v) is 4.09. The number of hydrogen-bond acceptors (Lipinski definition) is 4. The highest BCUT2D eigenvalue weighted by Gasteiger charge is 2.13. The third kappa shape index (κ3) is 4.47. The van der Waals surface area contributed by atoms with Crippen molar-refractivity contribution in [3.05, 3.63) is 57.3 Å². The van der Waals surface area contributed by atoms with Crippen LogP contribution in [0.4, 0.5) is 0 Å². The van der Waals surface area contributed by atoms with E-state index in [4.69, 9.17) is 4.74 Å². The molecule has 2 heterocycles. The number of aromatic amines is 1. The van der Waals surface area contributed by atoms with Gasteiger partial charge in [-0.3, -0.25) is 4.79 Å². The number of carbonyl (C=O) groups excluding carboxylic acids is 1. The summed E-state index contributed by atoms with van der Waals surface area (Å²) >= 11 is 0. The lowest BCUT2D eigenvalue weighted by Crippen LogP contribution is -2.27. The first kappa shape index (κ1) is 17.2. The van der Waals surface area contributed by atoms with E-state index in [0.29, 0.717) is 18.9 Å². The number of aromatic nitrogens is 2. The van der Waals surface area contributed by atoms with Crippen LogP contribution in [-0.4, -0.2) is 22.5 Å². The van der Waals surface area contributed by atoms with Crippen molar-refractivity contribution in [1.29, 1.82) is 0 Å². The minimum atomic E-state index is -0.491. The van der Waals surface area contributed by atoms with Crippen molar-refractivity contribution in [2.45, 2.75) is 39.7 Å². The van der Waals surface area contributed by atoms with Gasteiger partial charge in [-0.1, -0.05) is 26.0 Å². The van der Waals surface area contributed by atoms with Crippen LogP contribution in [0.15, 0.2) is 29.1 Å². The maximum atomic E-state index is 12.3. The molecular formula is C19H23N3O3. The predicted molar refractivity (Wildman–Crippen MR) is 94.8 cm³/mol. The molecule has 1 aliphatic rings. The lowest BCUT2D eigenvalue weighted by atomic mass is 10.0. The molecule has 0 saturated heterocycles. The van der Waals surface area contributed by atoms with Crippen LogP contribution in [0.3, 0.4) is 0 Å². The highest BCUT2D eigenvalue weighted by Crippen LogP contribution is 2.25. The van der Waals surface area contributed by atoms with E-state index >= 15 is 0 Å². The molecular weight excluding hydrogens is 318 g/mol. The molecule has 0 radical (unpaired) electrons. The first-order valence-electron chi connectivity index (χ1n) is 8.64. The number of ether oxygens (including phenoxy) is 1. The lowest BCUT2D eigenvalue weighted by molar-refractivity contribution is 0.0945. The Bertz CT molecular complexity index is 827. The summed E-state index contributed by atoms with van der Waals surface area (Å²) in [5, 5.41) is 2.83. The maximum Gasteiger partial charge on any atom is 0.345 e. The van der Waals surface area contributed by atoms with E-state index < -0.39 is 5.69 Å². The predicted octanol–water partition coefficient (Wildman–Crippen LogP) is 2.22. The van der Waals surface area contributed by atoms with Gasteiger partial charge < -0.3 is 15.0 Å². The van der Waals surface area contributed by atoms with Crippen molar-refractivity contribution in [2.75, 3.05) is 6.61 Å². The quantitative estimate of drug-likeness (QED) is 0.873. The summed E-state index contributed by atoms with van der Waals surface area (Å²) in [6.07, 6.45) is 2.70. The van der Waals surface area contributed by atoms with Crippen molar-refractivity contribution in [1.82, 2.24) is 15.3 Å². The summed E-state index contributed by atoms with van der Waals surface area (Å²) < 4.78 is 5.60. The molecule has 2 N–H and O–H groups in total. The summed E-state index contributed by atoms with van der Waals surface area (Å²) in [4.78, 5) is 30.5. The Hall–Kier alpha value is -2.63. The number of nitrogens with one attached hydrogen (secondary N) is 2. The van der Waals surface area contributed by atoms with Gasteiger partial charge in [0.05, 0.1) is 6.61 Å². The van der Waals surface area contributed by atoms with Crippen LogP contribution in [0, 0.1) is 5.92 Å². The Kier molecular flexibility index (Phi) is 5.16. The summed E-state index contributed by atoms with van der Waals surface area (Å²) in [6, 6.07) is 7.60. The molecule has 6 heteroatoms. The minimum absolute atomic E-state index is 0.153. The molecule has 0 fully saturated rings. The summed E-state index contributed by atoms with van der Waals surface area (Å²) in [7, 11) is 0. The van der Waals surface area contributed by atoms with Gasteiger partial charge in [-0.05, 0) is 48.4 Å². The van der Waals surface area contributed by atoms with Crippen molar-refractivity contribution in [2.24, 2.45) is 5.92 Å². The molecule has 0 atom stereocenters. The summed E-state index contributed by atoms with van der Waals surface area (Å²) in [5.41, 5.74) is 2.57. The number of hydrogen-bond donors (Lipinski definition) is 2. The van der Waals surface area contributed by atoms with Crippen LogP contribution in [-0.2, 0) is 19.4 Å². The van der Waals surface area contributed by atoms with Gasteiger partial charge in [0, 0.05) is 12.2 Å². The van der Waals surface area contributed by atoms with Gasteiger partial charge in [-0.15, -0.1) is 0 Å². The Labute approximate surface area is 146 Å². The second-order valence-corrected chi connectivity index (χ2v) is 6.77. The molecule has 132 valence electrons. The summed E-state index contributed by atoms with van der Waals surface area (Å²) in [5.74, 6) is 0.965. The second kappa shape index (κ2) is 7.51. The molecule has 1 aliphatic heterocycles. The van der Waals surface area contributed by atoms with Gasteiger partial charge in [-0.25, -0.2) is 4.79 Å². The molecule has 0 saturated carbocycles. The zero-order chi connectivity index (χ0) is 17.8. The normalized spacial score (nSPS) is 13.2. The standard InChI is InChI=1S/C19H23N3O3/c1-12(2)8-15-10-16(22-19(24)21-15)18(23)20-11-13-5-6-17-14(9-13)4-3-7-25-17/h5-6,9-10,12H,3-4,7-8,11H2,1-2H3,(H,20,23)(H,21,22,24). The molecule has 1 amide bonds. The number of nitrogens with zero attached hydrogens (tertiary/aromatic N) is 1. The molecule has 0 aliphatic carbocycles. The Morgan fingerprint density at radius 1 is 1.36 bits per heavy atom.